The predicted molar refractivity (Wildman–Crippen MR) is 84.8 cm³/mol. The third-order valence-electron chi connectivity index (χ3n) is 3.17. The highest BCUT2D eigenvalue weighted by molar-refractivity contribution is 14.1. The minimum atomic E-state index is -0.322. The average Bonchev–Trinajstić information content (AvgIpc) is 3.16. The van der Waals surface area contributed by atoms with Crippen LogP contribution in [0.4, 0.5) is 10.1 Å². The summed E-state index contributed by atoms with van der Waals surface area (Å²) in [4.78, 5) is 12.3. The van der Waals surface area contributed by atoms with E-state index in [-0.39, 0.29) is 11.7 Å². The molecule has 1 amide bonds. The van der Waals surface area contributed by atoms with Gasteiger partial charge in [-0.25, -0.2) is 4.39 Å². The highest BCUT2D eigenvalue weighted by Gasteiger charge is 2.28. The molecule has 2 aromatic rings. The summed E-state index contributed by atoms with van der Waals surface area (Å²) in [5.74, 6) is -0.551. The lowest BCUT2D eigenvalue weighted by Gasteiger charge is -2.10. The molecule has 0 bridgehead atoms. The number of amides is 1. The molecule has 1 aromatic carbocycles. The van der Waals surface area contributed by atoms with E-state index in [0.29, 0.717) is 26.0 Å². The van der Waals surface area contributed by atoms with Crippen molar-refractivity contribution in [1.82, 2.24) is 4.57 Å². The number of carbonyl (C=O) groups is 1. The molecule has 3 rings (SSSR count). The minimum absolute atomic E-state index is 0.228. The Morgan fingerprint density at radius 2 is 2.15 bits per heavy atom. The van der Waals surface area contributed by atoms with E-state index >= 15 is 0 Å². The van der Waals surface area contributed by atoms with Crippen LogP contribution in [-0.4, -0.2) is 10.5 Å². The van der Waals surface area contributed by atoms with Crippen molar-refractivity contribution in [1.29, 1.82) is 0 Å². The summed E-state index contributed by atoms with van der Waals surface area (Å²) in [5, 5.41) is 3.35. The van der Waals surface area contributed by atoms with Crippen LogP contribution in [0.1, 0.15) is 29.4 Å². The van der Waals surface area contributed by atoms with Gasteiger partial charge in [-0.05, 0) is 59.7 Å². The Morgan fingerprint density at radius 3 is 2.80 bits per heavy atom. The first-order valence-electron chi connectivity index (χ1n) is 6.18. The molecule has 1 fully saturated rings. The van der Waals surface area contributed by atoms with Crippen LogP contribution in [0, 0.1) is 9.39 Å². The van der Waals surface area contributed by atoms with Crippen molar-refractivity contribution in [2.24, 2.45) is 0 Å². The number of carbonyl (C=O) groups excluding carboxylic acids is 1. The van der Waals surface area contributed by atoms with Crippen molar-refractivity contribution in [2.75, 3.05) is 5.32 Å². The Morgan fingerprint density at radius 1 is 1.40 bits per heavy atom. The Bertz CT molecular complexity index is 682. The normalized spacial score (nSPS) is 14.3. The van der Waals surface area contributed by atoms with E-state index in [0.717, 1.165) is 12.8 Å². The number of nitrogens with one attached hydrogen (secondary N) is 1. The number of nitrogens with zero attached hydrogens (tertiary/aromatic N) is 1. The first kappa shape index (κ1) is 13.9. The van der Waals surface area contributed by atoms with Crippen LogP contribution < -0.4 is 5.32 Å². The van der Waals surface area contributed by atoms with E-state index in [1.165, 1.54) is 12.1 Å². The third-order valence-corrected chi connectivity index (χ3v) is 4.27. The molecule has 1 aromatic heterocycles. The van der Waals surface area contributed by atoms with Crippen LogP contribution in [0.15, 0.2) is 30.5 Å². The molecule has 3 nitrogen and oxygen atoms in total. The second kappa shape index (κ2) is 5.37. The number of anilines is 1. The Kier molecular flexibility index (Phi) is 3.72. The molecular weight excluding hydrogens is 394 g/mol. The van der Waals surface area contributed by atoms with Crippen molar-refractivity contribution in [3.05, 3.63) is 50.6 Å². The van der Waals surface area contributed by atoms with E-state index in [1.807, 2.05) is 27.2 Å². The van der Waals surface area contributed by atoms with Gasteiger partial charge in [0.15, 0.2) is 0 Å². The van der Waals surface area contributed by atoms with E-state index in [1.54, 1.807) is 18.3 Å². The lowest BCUT2D eigenvalue weighted by molar-refractivity contribution is 0.101. The molecule has 104 valence electrons. The lowest BCUT2D eigenvalue weighted by atomic mass is 10.3. The number of hydrogen-bond donors (Lipinski definition) is 1. The van der Waals surface area contributed by atoms with Crippen molar-refractivity contribution in [3.63, 3.8) is 0 Å². The zero-order chi connectivity index (χ0) is 14.3. The molecule has 1 aliphatic carbocycles. The molecule has 1 heterocycles. The number of aromatic nitrogens is 1. The van der Waals surface area contributed by atoms with Crippen LogP contribution >= 0.6 is 34.2 Å². The fraction of sp³-hybridized carbons (Fsp3) is 0.214. The van der Waals surface area contributed by atoms with Crippen LogP contribution in [0.25, 0.3) is 0 Å². The second-order valence-electron chi connectivity index (χ2n) is 4.76. The van der Waals surface area contributed by atoms with E-state index < -0.39 is 0 Å². The fourth-order valence-electron chi connectivity index (χ4n) is 2.06. The van der Waals surface area contributed by atoms with Crippen LogP contribution in [0.5, 0.6) is 0 Å². The van der Waals surface area contributed by atoms with E-state index in [9.17, 15) is 9.18 Å². The molecule has 6 heteroatoms. The van der Waals surface area contributed by atoms with Crippen molar-refractivity contribution in [2.45, 2.75) is 18.9 Å². The van der Waals surface area contributed by atoms with Gasteiger partial charge in [0.25, 0.3) is 5.91 Å². The molecule has 0 saturated heterocycles. The molecule has 0 spiro atoms. The van der Waals surface area contributed by atoms with Gasteiger partial charge in [-0.1, -0.05) is 11.6 Å². The molecule has 1 aliphatic rings. The zero-order valence-corrected chi connectivity index (χ0v) is 13.3. The summed E-state index contributed by atoms with van der Waals surface area (Å²) in [6.07, 6.45) is 3.92. The Balaban J connectivity index is 1.86. The van der Waals surface area contributed by atoms with Gasteiger partial charge in [0.1, 0.15) is 11.5 Å². The highest BCUT2D eigenvalue weighted by atomic mass is 127. The van der Waals surface area contributed by atoms with Gasteiger partial charge in [-0.2, -0.15) is 0 Å². The third kappa shape index (κ3) is 2.83. The summed E-state index contributed by atoms with van der Waals surface area (Å²) >= 11 is 7.98. The topological polar surface area (TPSA) is 34.0 Å². The summed E-state index contributed by atoms with van der Waals surface area (Å²) < 4.78 is 15.6. The quantitative estimate of drug-likeness (QED) is 0.753. The first-order chi connectivity index (χ1) is 9.54. The number of rotatable bonds is 3. The Hall–Kier alpha value is -1.08. The van der Waals surface area contributed by atoms with Gasteiger partial charge < -0.3 is 9.88 Å². The van der Waals surface area contributed by atoms with Gasteiger partial charge in [0.05, 0.1) is 10.7 Å². The molecule has 0 radical (unpaired) electrons. The SMILES string of the molecule is O=C(Nc1ccc(F)cc1I)c1cc(Cl)cn1C1CC1. The van der Waals surface area contributed by atoms with Crippen LogP contribution in [0.3, 0.4) is 0 Å². The molecule has 0 atom stereocenters. The largest absolute Gasteiger partial charge is 0.339 e. The number of benzene rings is 1. The van der Waals surface area contributed by atoms with Crippen LogP contribution in [-0.2, 0) is 0 Å². The monoisotopic (exact) mass is 404 g/mol. The predicted octanol–water partition coefficient (Wildman–Crippen LogP) is 4.47. The Labute approximate surface area is 134 Å². The van der Waals surface area contributed by atoms with Gasteiger partial charge in [0.2, 0.25) is 0 Å². The smallest absolute Gasteiger partial charge is 0.272 e. The van der Waals surface area contributed by atoms with Crippen molar-refractivity contribution >= 4 is 45.8 Å². The first-order valence-corrected chi connectivity index (χ1v) is 7.64. The van der Waals surface area contributed by atoms with Crippen molar-refractivity contribution < 1.29 is 9.18 Å². The summed E-state index contributed by atoms with van der Waals surface area (Å²) in [7, 11) is 0. The highest BCUT2D eigenvalue weighted by Crippen LogP contribution is 2.37. The lowest BCUT2D eigenvalue weighted by Crippen LogP contribution is -2.17. The van der Waals surface area contributed by atoms with Gasteiger partial charge in [0, 0.05) is 15.8 Å². The maximum Gasteiger partial charge on any atom is 0.272 e. The molecule has 20 heavy (non-hydrogen) atoms. The molecule has 1 saturated carbocycles. The van der Waals surface area contributed by atoms with E-state index in [4.69, 9.17) is 11.6 Å². The maximum atomic E-state index is 13.1. The fourth-order valence-corrected chi connectivity index (χ4v) is 2.88. The molecular formula is C14H11ClFIN2O. The van der Waals surface area contributed by atoms with Gasteiger partial charge in [-0.15, -0.1) is 0 Å². The molecule has 0 aliphatic heterocycles. The number of hydrogen-bond acceptors (Lipinski definition) is 1. The molecule has 1 N–H and O–H groups in total. The minimum Gasteiger partial charge on any atom is -0.339 e. The van der Waals surface area contributed by atoms with E-state index in [2.05, 4.69) is 5.32 Å². The van der Waals surface area contributed by atoms with Gasteiger partial charge >= 0.3 is 0 Å². The van der Waals surface area contributed by atoms with Crippen molar-refractivity contribution in [3.8, 4) is 0 Å². The summed E-state index contributed by atoms with van der Waals surface area (Å²) in [6.45, 7) is 0. The standard InChI is InChI=1S/C14H11ClFIN2O/c15-8-5-13(19(7-8)10-2-3-10)14(20)18-12-4-1-9(16)6-11(12)17/h1,4-7,10H,2-3H2,(H,18,20). The summed E-state index contributed by atoms with van der Waals surface area (Å²) in [6, 6.07) is 6.29. The summed E-state index contributed by atoms with van der Waals surface area (Å²) in [5.41, 5.74) is 1.13. The zero-order valence-electron chi connectivity index (χ0n) is 10.4. The second-order valence-corrected chi connectivity index (χ2v) is 6.36. The maximum absolute atomic E-state index is 13.1. The number of halogens is 3. The van der Waals surface area contributed by atoms with Crippen LogP contribution in [0.2, 0.25) is 5.02 Å². The van der Waals surface area contributed by atoms with Gasteiger partial charge in [-0.3, -0.25) is 4.79 Å². The average molecular weight is 405 g/mol. The molecule has 0 unspecified atom stereocenters.